The molecule has 194 valence electrons. The Kier molecular flexibility index (Phi) is 9.15. The monoisotopic (exact) mass is 558 g/mol. The lowest BCUT2D eigenvalue weighted by Crippen LogP contribution is -2.25. The molecule has 0 fully saturated rings. The minimum Gasteiger partial charge on any atom is -0.465 e. The third kappa shape index (κ3) is 7.29. The number of esters is 1. The van der Waals surface area contributed by atoms with Gasteiger partial charge in [-0.1, -0.05) is 23.2 Å². The smallest absolute Gasteiger partial charge is 0.326 e. The topological polar surface area (TPSA) is 75.5 Å². The molecule has 0 saturated heterocycles. The van der Waals surface area contributed by atoms with Crippen molar-refractivity contribution >= 4 is 63.5 Å². The highest BCUT2D eigenvalue weighted by atomic mass is 35.5. The van der Waals surface area contributed by atoms with Gasteiger partial charge in [0.2, 0.25) is 0 Å². The standard InChI is InChI=1S/C26H28Cl2N6O2S/c1-4-36-26(35)17-34(37-22-13-19(27)12-20(28)14-22)21-5-6-23-18(11-21)7-9-33(23)25-16-30-24(15-31-25)29-8-10-32(2)3/h5-7,9,11-16H,4,8,10,17H2,1-3H3,(H,29,30). The molecule has 0 aliphatic carbocycles. The van der Waals surface area contributed by atoms with Gasteiger partial charge < -0.3 is 19.3 Å². The van der Waals surface area contributed by atoms with Crippen molar-refractivity contribution in [2.24, 2.45) is 0 Å². The van der Waals surface area contributed by atoms with Crippen LogP contribution in [0.25, 0.3) is 16.7 Å². The second kappa shape index (κ2) is 12.5. The van der Waals surface area contributed by atoms with Gasteiger partial charge in [0.25, 0.3) is 0 Å². The summed E-state index contributed by atoms with van der Waals surface area (Å²) in [6, 6.07) is 13.3. The van der Waals surface area contributed by atoms with Crippen LogP contribution in [0.15, 0.2) is 66.0 Å². The van der Waals surface area contributed by atoms with E-state index in [1.54, 1.807) is 25.4 Å². The number of fused-ring (bicyclic) bond motifs is 1. The van der Waals surface area contributed by atoms with Gasteiger partial charge in [-0.15, -0.1) is 0 Å². The van der Waals surface area contributed by atoms with E-state index in [1.807, 2.05) is 65.6 Å². The van der Waals surface area contributed by atoms with Gasteiger partial charge in [-0.2, -0.15) is 0 Å². The Morgan fingerprint density at radius 1 is 1.08 bits per heavy atom. The number of nitrogens with zero attached hydrogens (tertiary/aromatic N) is 5. The number of likely N-dealkylation sites (N-methyl/N-ethyl adjacent to an activating group) is 1. The van der Waals surface area contributed by atoms with E-state index in [2.05, 4.69) is 20.2 Å². The molecule has 11 heteroatoms. The van der Waals surface area contributed by atoms with Crippen molar-refractivity contribution in [3.8, 4) is 5.82 Å². The minimum absolute atomic E-state index is 0.0581. The highest BCUT2D eigenvalue weighted by molar-refractivity contribution is 8.00. The van der Waals surface area contributed by atoms with Crippen LogP contribution < -0.4 is 9.62 Å². The van der Waals surface area contributed by atoms with E-state index in [0.717, 1.165) is 40.4 Å². The second-order valence-corrected chi connectivity index (χ2v) is 10.4. The van der Waals surface area contributed by atoms with Crippen molar-refractivity contribution < 1.29 is 9.53 Å². The van der Waals surface area contributed by atoms with Gasteiger partial charge in [-0.3, -0.25) is 9.36 Å². The molecule has 1 N–H and O–H groups in total. The number of benzene rings is 2. The van der Waals surface area contributed by atoms with Crippen LogP contribution in [0.4, 0.5) is 11.5 Å². The van der Waals surface area contributed by atoms with Crippen LogP contribution in [0.2, 0.25) is 10.0 Å². The van der Waals surface area contributed by atoms with Crippen molar-refractivity contribution in [1.82, 2.24) is 19.4 Å². The average Bonchev–Trinajstić information content (AvgIpc) is 3.27. The van der Waals surface area contributed by atoms with E-state index in [9.17, 15) is 4.79 Å². The van der Waals surface area contributed by atoms with Crippen molar-refractivity contribution in [3.63, 3.8) is 0 Å². The van der Waals surface area contributed by atoms with Gasteiger partial charge in [0, 0.05) is 45.3 Å². The molecule has 0 aliphatic rings. The number of rotatable bonds is 11. The molecular formula is C26H28Cl2N6O2S. The first kappa shape index (κ1) is 27.1. The Labute approximate surface area is 230 Å². The summed E-state index contributed by atoms with van der Waals surface area (Å²) in [7, 11) is 4.06. The van der Waals surface area contributed by atoms with Gasteiger partial charge in [-0.05, 0) is 75.4 Å². The molecule has 37 heavy (non-hydrogen) atoms. The Balaban J connectivity index is 1.58. The van der Waals surface area contributed by atoms with Crippen LogP contribution in [-0.4, -0.2) is 65.7 Å². The zero-order valence-corrected chi connectivity index (χ0v) is 23.1. The third-order valence-corrected chi connectivity index (χ3v) is 6.78. The van der Waals surface area contributed by atoms with Crippen LogP contribution in [0, 0.1) is 0 Å². The molecule has 4 rings (SSSR count). The van der Waals surface area contributed by atoms with Crippen LogP contribution in [0.1, 0.15) is 6.92 Å². The summed E-state index contributed by atoms with van der Waals surface area (Å²) in [6.45, 7) is 3.85. The molecule has 4 aromatic rings. The number of nitrogens with one attached hydrogen (secondary N) is 1. The predicted octanol–water partition coefficient (Wildman–Crippen LogP) is 5.78. The second-order valence-electron chi connectivity index (χ2n) is 8.46. The van der Waals surface area contributed by atoms with Crippen molar-refractivity contribution in [1.29, 1.82) is 0 Å². The number of ether oxygens (including phenoxy) is 1. The lowest BCUT2D eigenvalue weighted by molar-refractivity contribution is -0.141. The summed E-state index contributed by atoms with van der Waals surface area (Å²) >= 11 is 13.8. The van der Waals surface area contributed by atoms with Crippen LogP contribution in [-0.2, 0) is 9.53 Å². The van der Waals surface area contributed by atoms with Gasteiger partial charge in [0.15, 0.2) is 5.82 Å². The van der Waals surface area contributed by atoms with Crippen LogP contribution >= 0.6 is 35.1 Å². The Bertz CT molecular complexity index is 1340. The lowest BCUT2D eigenvalue weighted by atomic mass is 10.2. The summed E-state index contributed by atoms with van der Waals surface area (Å²) in [5.74, 6) is 1.12. The number of hydrogen-bond acceptors (Lipinski definition) is 8. The zero-order chi connectivity index (χ0) is 26.4. The van der Waals surface area contributed by atoms with E-state index in [1.165, 1.54) is 11.9 Å². The quantitative estimate of drug-likeness (QED) is 0.183. The first-order valence-electron chi connectivity index (χ1n) is 11.7. The lowest BCUT2D eigenvalue weighted by Gasteiger charge is -2.23. The van der Waals surface area contributed by atoms with Crippen molar-refractivity contribution in [2.45, 2.75) is 11.8 Å². The summed E-state index contributed by atoms with van der Waals surface area (Å²) in [6.07, 6.45) is 5.44. The maximum Gasteiger partial charge on any atom is 0.326 e. The fourth-order valence-electron chi connectivity index (χ4n) is 3.64. The molecule has 0 amide bonds. The number of hydrogen-bond donors (Lipinski definition) is 1. The molecule has 2 heterocycles. The number of aromatic nitrogens is 3. The van der Waals surface area contributed by atoms with Crippen LogP contribution in [0.3, 0.4) is 0 Å². The third-order valence-electron chi connectivity index (χ3n) is 5.34. The van der Waals surface area contributed by atoms with E-state index < -0.39 is 0 Å². The highest BCUT2D eigenvalue weighted by Gasteiger charge is 2.17. The van der Waals surface area contributed by atoms with Gasteiger partial charge in [0.1, 0.15) is 12.4 Å². The maximum absolute atomic E-state index is 12.4. The molecule has 2 aromatic carbocycles. The molecule has 0 saturated carbocycles. The molecule has 0 unspecified atom stereocenters. The van der Waals surface area contributed by atoms with Crippen molar-refractivity contribution in [3.05, 3.63) is 71.1 Å². The van der Waals surface area contributed by atoms with E-state index in [-0.39, 0.29) is 12.5 Å². The molecule has 0 bridgehead atoms. The van der Waals surface area contributed by atoms with E-state index >= 15 is 0 Å². The Morgan fingerprint density at radius 3 is 2.54 bits per heavy atom. The van der Waals surface area contributed by atoms with Gasteiger partial charge in [0.05, 0.1) is 24.5 Å². The molecule has 8 nitrogen and oxygen atoms in total. The molecule has 0 atom stereocenters. The summed E-state index contributed by atoms with van der Waals surface area (Å²) in [5.41, 5.74) is 1.81. The Hall–Kier alpha value is -2.98. The molecule has 2 aromatic heterocycles. The summed E-state index contributed by atoms with van der Waals surface area (Å²) < 4.78 is 9.05. The average molecular weight is 560 g/mol. The number of carbonyl (C=O) groups is 1. The zero-order valence-electron chi connectivity index (χ0n) is 20.8. The van der Waals surface area contributed by atoms with Crippen LogP contribution in [0.5, 0.6) is 0 Å². The van der Waals surface area contributed by atoms with E-state index in [0.29, 0.717) is 22.5 Å². The number of anilines is 2. The van der Waals surface area contributed by atoms with Crippen molar-refractivity contribution in [2.75, 3.05) is 50.0 Å². The predicted molar refractivity (Wildman–Crippen MR) is 152 cm³/mol. The molecule has 0 aliphatic heterocycles. The highest BCUT2D eigenvalue weighted by Crippen LogP contribution is 2.34. The summed E-state index contributed by atoms with van der Waals surface area (Å²) in [4.78, 5) is 24.4. The fraction of sp³-hybridized carbons (Fsp3) is 0.269. The van der Waals surface area contributed by atoms with E-state index in [4.69, 9.17) is 27.9 Å². The summed E-state index contributed by atoms with van der Waals surface area (Å²) in [5, 5.41) is 5.32. The van der Waals surface area contributed by atoms with Gasteiger partial charge >= 0.3 is 5.97 Å². The minimum atomic E-state index is -0.324. The first-order chi connectivity index (χ1) is 17.8. The first-order valence-corrected chi connectivity index (χ1v) is 13.2. The number of halogens is 2. The SMILES string of the molecule is CCOC(=O)CN(Sc1cc(Cl)cc(Cl)c1)c1ccc2c(ccn2-c2cnc(NCCN(C)C)cn2)c1. The molecule has 0 radical (unpaired) electrons. The fourth-order valence-corrected chi connectivity index (χ4v) is 5.30. The maximum atomic E-state index is 12.4. The number of carbonyl (C=O) groups excluding carboxylic acids is 1. The van der Waals surface area contributed by atoms with Gasteiger partial charge in [-0.25, -0.2) is 9.97 Å². The largest absolute Gasteiger partial charge is 0.465 e. The Morgan fingerprint density at radius 2 is 1.86 bits per heavy atom. The molecule has 0 spiro atoms. The molecular weight excluding hydrogens is 531 g/mol. The normalized spacial score (nSPS) is 11.2.